The van der Waals surface area contributed by atoms with E-state index in [0.29, 0.717) is 5.71 Å². The van der Waals surface area contributed by atoms with E-state index >= 15 is 0 Å². The number of aromatic nitrogens is 4. The Hall–Kier alpha value is -11.4. The van der Waals surface area contributed by atoms with Crippen molar-refractivity contribution in [1.82, 2.24) is 4.98 Å². The fourth-order valence-electron chi connectivity index (χ4n) is 17.1. The number of hydrogen-bond donors (Lipinski definition) is 0. The average molecular weight is 1210 g/mol. The van der Waals surface area contributed by atoms with Crippen LogP contribution in [0.25, 0.3) is 177 Å². The Kier molecular flexibility index (Phi) is 11.7. The summed E-state index contributed by atoms with van der Waals surface area (Å²) in [7, 11) is 6.56. The van der Waals surface area contributed by atoms with Gasteiger partial charge in [-0.1, -0.05) is 188 Å². The summed E-state index contributed by atoms with van der Waals surface area (Å²) in [5.74, 6) is 0. The van der Waals surface area contributed by atoms with Gasteiger partial charge < -0.3 is 4.42 Å². The molecule has 0 saturated carbocycles. The molecule has 5 aromatic heterocycles. The molecule has 5 aliphatic rings. The summed E-state index contributed by atoms with van der Waals surface area (Å²) >= 11 is 0. The van der Waals surface area contributed by atoms with Crippen LogP contribution >= 0.6 is 0 Å². The van der Waals surface area contributed by atoms with Gasteiger partial charge >= 0.3 is 0 Å². The largest absolute Gasteiger partial charge is 0.437 e. The average Bonchev–Trinajstić information content (AvgIpc) is 1.57. The first-order valence-electron chi connectivity index (χ1n) is 32.9. The van der Waals surface area contributed by atoms with E-state index in [1.807, 2.05) is 13.0 Å². The third-order valence-electron chi connectivity index (χ3n) is 21.4. The molecule has 21 rings (SSSR count). The number of pyridine rings is 4. The van der Waals surface area contributed by atoms with Crippen LogP contribution < -0.4 is 13.7 Å². The molecular weight excluding hydrogens is 1140 g/mol. The Morgan fingerprint density at radius 2 is 0.830 bits per heavy atom. The summed E-state index contributed by atoms with van der Waals surface area (Å²) in [5.41, 5.74) is 41.5. The van der Waals surface area contributed by atoms with E-state index in [2.05, 4.69) is 297 Å². The summed E-state index contributed by atoms with van der Waals surface area (Å²) in [6.45, 7) is 8.67. The minimum absolute atomic E-state index is 0.701. The van der Waals surface area contributed by atoms with Gasteiger partial charge in [-0.05, 0) is 181 Å². The maximum Gasteiger partial charge on any atom is 0.227 e. The van der Waals surface area contributed by atoms with E-state index in [1.54, 1.807) is 0 Å². The van der Waals surface area contributed by atoms with Crippen molar-refractivity contribution in [3.63, 3.8) is 0 Å². The van der Waals surface area contributed by atoms with Gasteiger partial charge in [0, 0.05) is 51.2 Å². The van der Waals surface area contributed by atoms with E-state index in [4.69, 9.17) is 4.42 Å². The second-order valence-corrected chi connectivity index (χ2v) is 26.6. The van der Waals surface area contributed by atoms with Gasteiger partial charge in [-0.3, -0.25) is 0 Å². The van der Waals surface area contributed by atoms with Crippen LogP contribution in [0.2, 0.25) is 0 Å². The monoisotopic (exact) mass is 1210 g/mol. The van der Waals surface area contributed by atoms with Crippen molar-refractivity contribution in [3.8, 4) is 123 Å². The topological polar surface area (TPSA) is 37.7 Å². The summed E-state index contributed by atoms with van der Waals surface area (Å²) in [6, 6.07) is 84.7. The molecule has 0 bridgehead atoms. The Morgan fingerprint density at radius 3 is 1.47 bits per heavy atom. The lowest BCUT2D eigenvalue weighted by molar-refractivity contribution is -0.660. The standard InChI is InChI=1S/2C30H22N.C29H21N2O/c1-18-13-14-22-21-10-4-3-7-20(21)15-26(22)29(18)28-16-25-23-11-5-8-19-9-6-12-24(30(19)23)27(25)17-31(28)2;1-18-13-14-22-21-10-4-3-7-20(21)17-26(22)28(18)27-16-15-24-23-11-5-8-19-9-6-12-25(29(19)23)30(24)31(27)2;1-16-10-12-21-22-13-11-17(2)30-29(22)32-28(21)24(16)27-26-20(14-15-31(27)3)19-8-4-6-18-7-5-9-23(26)25(18)19/h3-14,16-17H,15H2,1-2H3;3-16H,17H2,1-2H3;4-15H,1-3H3/q3*+1. The highest BCUT2D eigenvalue weighted by Gasteiger charge is 2.36. The van der Waals surface area contributed by atoms with E-state index < -0.39 is 0 Å². The van der Waals surface area contributed by atoms with Crippen molar-refractivity contribution >= 4 is 54.4 Å². The van der Waals surface area contributed by atoms with Crippen molar-refractivity contribution in [2.45, 2.75) is 40.5 Å². The van der Waals surface area contributed by atoms with Crippen LogP contribution in [0, 0.1) is 27.7 Å². The smallest absolute Gasteiger partial charge is 0.227 e. The van der Waals surface area contributed by atoms with Crippen LogP contribution in [-0.4, -0.2) is 4.98 Å². The highest BCUT2D eigenvalue weighted by atomic mass is 16.3. The Labute approximate surface area is 546 Å². The third-order valence-corrected chi connectivity index (χ3v) is 21.4. The molecule has 5 nitrogen and oxygen atoms in total. The van der Waals surface area contributed by atoms with Crippen LogP contribution in [0.4, 0.5) is 0 Å². The highest BCUT2D eigenvalue weighted by molar-refractivity contribution is 6.20. The van der Waals surface area contributed by atoms with Crippen molar-refractivity contribution in [2.24, 2.45) is 21.1 Å². The zero-order chi connectivity index (χ0) is 62.9. The maximum atomic E-state index is 6.44. The Balaban J connectivity index is 0.000000100. The molecule has 11 aromatic carbocycles. The number of furan rings is 1. The van der Waals surface area contributed by atoms with Gasteiger partial charge in [-0.2, -0.15) is 4.57 Å². The van der Waals surface area contributed by atoms with Gasteiger partial charge in [0.2, 0.25) is 28.5 Å². The number of benzene rings is 11. The normalized spacial score (nSPS) is 12.5. The predicted octanol–water partition coefficient (Wildman–Crippen LogP) is 20.6. The summed E-state index contributed by atoms with van der Waals surface area (Å²) in [6.07, 6.45) is 6.52. The zero-order valence-electron chi connectivity index (χ0n) is 53.7. The van der Waals surface area contributed by atoms with Gasteiger partial charge in [-0.15, -0.1) is 0 Å². The van der Waals surface area contributed by atoms with E-state index in [0.717, 1.165) is 40.5 Å². The molecule has 0 atom stereocenters. The third kappa shape index (κ3) is 7.76. The molecule has 444 valence electrons. The minimum Gasteiger partial charge on any atom is -0.437 e. The van der Waals surface area contributed by atoms with Gasteiger partial charge in [-0.25, -0.2) is 14.1 Å². The molecule has 0 fully saturated rings. The lowest BCUT2D eigenvalue weighted by atomic mass is 9.92. The zero-order valence-corrected chi connectivity index (χ0v) is 53.7. The number of aryl methyl sites for hydroxylation is 6. The van der Waals surface area contributed by atoms with E-state index in [9.17, 15) is 0 Å². The molecule has 0 unspecified atom stereocenters. The number of rotatable bonds is 3. The molecular formula is C89H65N4O+3. The fourth-order valence-corrected chi connectivity index (χ4v) is 17.1. The van der Waals surface area contributed by atoms with Gasteiger partial charge in [0.1, 0.15) is 21.1 Å². The van der Waals surface area contributed by atoms with Gasteiger partial charge in [0.05, 0.1) is 38.9 Å². The second kappa shape index (κ2) is 20.3. The number of fused-ring (bicyclic) bond motifs is 18. The van der Waals surface area contributed by atoms with Crippen LogP contribution in [0.5, 0.6) is 0 Å². The SMILES string of the molecule is Cc1ccc2c(c1-c1cc3c(c[n+]1C)-c1cccc4cccc-3c14)Cc1ccccc1-2.Cc1ccc2c(c1-c1ccc3c([n+]1C)-c1cccc4cccc-3c14)Cc1ccccc1-2.Cc1ccc2c(n1)oc1c(-c3c4c(cc[n+]3C)-c3cccc5cccc-4c35)c(C)ccc12. The summed E-state index contributed by atoms with van der Waals surface area (Å²) < 4.78 is 13.4. The molecule has 5 heteroatoms. The van der Waals surface area contributed by atoms with Crippen molar-refractivity contribution in [2.75, 3.05) is 0 Å². The molecule has 0 spiro atoms. The van der Waals surface area contributed by atoms with Crippen molar-refractivity contribution in [3.05, 3.63) is 288 Å². The first-order chi connectivity index (χ1) is 46.0. The molecule has 0 radical (unpaired) electrons. The highest BCUT2D eigenvalue weighted by Crippen LogP contribution is 2.54. The molecule has 0 amide bonds. The summed E-state index contributed by atoms with van der Waals surface area (Å²) in [5, 5.41) is 10.2. The lowest BCUT2D eigenvalue weighted by Crippen LogP contribution is -2.34. The van der Waals surface area contributed by atoms with E-state index in [-0.39, 0.29) is 0 Å². The fraction of sp³-hybridized carbons (Fsp3) is 0.101. The lowest BCUT2D eigenvalue weighted by Gasteiger charge is -2.13. The molecule has 94 heavy (non-hydrogen) atoms. The molecule has 5 aliphatic carbocycles. The molecule has 0 N–H and O–H groups in total. The predicted molar refractivity (Wildman–Crippen MR) is 385 cm³/mol. The van der Waals surface area contributed by atoms with E-state index in [1.165, 1.54) is 189 Å². The Bertz CT molecular complexity index is 5950. The molecule has 0 aliphatic heterocycles. The van der Waals surface area contributed by atoms with Crippen LogP contribution in [0.15, 0.2) is 247 Å². The van der Waals surface area contributed by atoms with Crippen molar-refractivity contribution in [1.29, 1.82) is 0 Å². The van der Waals surface area contributed by atoms with Crippen LogP contribution in [0.1, 0.15) is 44.6 Å². The number of nitrogens with zero attached hydrogens (tertiary/aromatic N) is 4. The quantitative estimate of drug-likeness (QED) is 0.165. The molecule has 16 aromatic rings. The maximum absolute atomic E-state index is 6.44. The molecule has 0 saturated heterocycles. The Morgan fingerprint density at radius 1 is 0.340 bits per heavy atom. The first-order valence-corrected chi connectivity index (χ1v) is 32.9. The number of hydrogen-bond acceptors (Lipinski definition) is 2. The van der Waals surface area contributed by atoms with Gasteiger partial charge in [0.15, 0.2) is 18.0 Å². The summed E-state index contributed by atoms with van der Waals surface area (Å²) in [4.78, 5) is 4.66. The first kappa shape index (κ1) is 54.3. The van der Waals surface area contributed by atoms with Crippen LogP contribution in [0.3, 0.4) is 0 Å². The van der Waals surface area contributed by atoms with Gasteiger partial charge in [0.25, 0.3) is 0 Å². The molecule has 5 heterocycles. The van der Waals surface area contributed by atoms with Crippen LogP contribution in [-0.2, 0) is 34.0 Å². The second-order valence-electron chi connectivity index (χ2n) is 26.6. The minimum atomic E-state index is 0.701. The van der Waals surface area contributed by atoms with Crippen molar-refractivity contribution < 1.29 is 18.1 Å².